The number of rotatable bonds is 5. The maximum Gasteiger partial charge on any atom is 0.337 e. The second-order valence-corrected chi connectivity index (χ2v) is 6.94. The van der Waals surface area contributed by atoms with Gasteiger partial charge >= 0.3 is 12.0 Å². The number of urea groups is 1. The average Bonchev–Trinajstić information content (AvgIpc) is 2.38. The maximum absolute atomic E-state index is 11.9. The van der Waals surface area contributed by atoms with Gasteiger partial charge in [-0.05, 0) is 39.9 Å². The van der Waals surface area contributed by atoms with E-state index in [1.165, 1.54) is 6.07 Å². The molecular weight excluding hydrogens is 404 g/mol. The molecule has 0 aliphatic heterocycles. The zero-order valence-electron chi connectivity index (χ0n) is 12.0. The smallest absolute Gasteiger partial charge is 0.337 e. The van der Waals surface area contributed by atoms with Crippen molar-refractivity contribution in [3.05, 3.63) is 26.6 Å². The minimum absolute atomic E-state index is 0.0170. The Morgan fingerprint density at radius 1 is 1.24 bits per heavy atom. The van der Waals surface area contributed by atoms with E-state index in [2.05, 4.69) is 56.3 Å². The van der Waals surface area contributed by atoms with Crippen LogP contribution in [0.2, 0.25) is 0 Å². The highest BCUT2D eigenvalue weighted by molar-refractivity contribution is 9.11. The van der Waals surface area contributed by atoms with Gasteiger partial charge in [-0.15, -0.1) is 0 Å². The van der Waals surface area contributed by atoms with Gasteiger partial charge in [0.2, 0.25) is 0 Å². The quantitative estimate of drug-likeness (QED) is 0.662. The molecule has 0 aliphatic rings. The number of nitrogens with one attached hydrogen (secondary N) is 2. The number of hydrogen-bond donors (Lipinski definition) is 3. The second-order valence-electron chi connectivity index (χ2n) is 5.17. The van der Waals surface area contributed by atoms with Crippen LogP contribution in [0.3, 0.4) is 0 Å². The lowest BCUT2D eigenvalue weighted by molar-refractivity contribution is 0.0698. The van der Waals surface area contributed by atoms with Crippen molar-refractivity contribution in [2.45, 2.75) is 20.8 Å². The van der Waals surface area contributed by atoms with E-state index in [0.29, 0.717) is 27.3 Å². The molecule has 2 amide bonds. The molecule has 1 aromatic carbocycles. The number of halogens is 2. The van der Waals surface area contributed by atoms with Crippen LogP contribution in [0.5, 0.6) is 0 Å². The van der Waals surface area contributed by atoms with Crippen LogP contribution in [-0.4, -0.2) is 23.7 Å². The highest BCUT2D eigenvalue weighted by Gasteiger charge is 2.17. The SMILES string of the molecule is CC(C)C(C)CNC(=O)Nc1c(Br)cc(Br)cc1C(=O)O. The highest BCUT2D eigenvalue weighted by atomic mass is 79.9. The summed E-state index contributed by atoms with van der Waals surface area (Å²) >= 11 is 6.49. The molecule has 1 aromatic rings. The summed E-state index contributed by atoms with van der Waals surface area (Å²) in [7, 11) is 0. The van der Waals surface area contributed by atoms with Crippen LogP contribution >= 0.6 is 31.9 Å². The highest BCUT2D eigenvalue weighted by Crippen LogP contribution is 2.30. The van der Waals surface area contributed by atoms with E-state index < -0.39 is 12.0 Å². The van der Waals surface area contributed by atoms with Crippen LogP contribution in [0.4, 0.5) is 10.5 Å². The zero-order valence-corrected chi connectivity index (χ0v) is 15.2. The van der Waals surface area contributed by atoms with Crippen molar-refractivity contribution in [1.29, 1.82) is 0 Å². The fourth-order valence-corrected chi connectivity index (χ4v) is 2.84. The van der Waals surface area contributed by atoms with Crippen molar-refractivity contribution in [3.8, 4) is 0 Å². The molecule has 0 radical (unpaired) electrons. The van der Waals surface area contributed by atoms with Crippen molar-refractivity contribution >= 4 is 49.5 Å². The molecule has 1 atom stereocenters. The molecule has 1 unspecified atom stereocenters. The van der Waals surface area contributed by atoms with Gasteiger partial charge in [-0.25, -0.2) is 9.59 Å². The molecule has 5 nitrogen and oxygen atoms in total. The summed E-state index contributed by atoms with van der Waals surface area (Å²) in [5.74, 6) is -0.315. The first-order chi connectivity index (χ1) is 9.72. The van der Waals surface area contributed by atoms with Crippen LogP contribution in [0.15, 0.2) is 21.1 Å². The molecule has 21 heavy (non-hydrogen) atoms. The van der Waals surface area contributed by atoms with E-state index in [1.54, 1.807) is 6.07 Å². The van der Waals surface area contributed by atoms with Crippen LogP contribution in [-0.2, 0) is 0 Å². The number of carbonyl (C=O) groups is 2. The summed E-state index contributed by atoms with van der Waals surface area (Å²) in [6.07, 6.45) is 0. The van der Waals surface area contributed by atoms with Gasteiger partial charge in [0.15, 0.2) is 0 Å². The van der Waals surface area contributed by atoms with Crippen LogP contribution in [0, 0.1) is 11.8 Å². The van der Waals surface area contributed by atoms with Crippen molar-refractivity contribution in [3.63, 3.8) is 0 Å². The fraction of sp³-hybridized carbons (Fsp3) is 0.429. The predicted molar refractivity (Wildman–Crippen MR) is 89.8 cm³/mol. The van der Waals surface area contributed by atoms with Crippen molar-refractivity contribution in [2.24, 2.45) is 11.8 Å². The van der Waals surface area contributed by atoms with E-state index in [-0.39, 0.29) is 11.3 Å². The topological polar surface area (TPSA) is 78.4 Å². The predicted octanol–water partition coefficient (Wildman–Crippen LogP) is 4.32. The summed E-state index contributed by atoms with van der Waals surface area (Å²) in [6, 6.07) is 2.70. The van der Waals surface area contributed by atoms with Crippen molar-refractivity contribution in [2.75, 3.05) is 11.9 Å². The third-order valence-electron chi connectivity index (χ3n) is 3.25. The van der Waals surface area contributed by atoms with E-state index >= 15 is 0 Å². The average molecular weight is 422 g/mol. The Balaban J connectivity index is 2.83. The lowest BCUT2D eigenvalue weighted by Crippen LogP contribution is -2.34. The normalized spacial score (nSPS) is 12.1. The zero-order chi connectivity index (χ0) is 16.2. The number of carboxylic acids is 1. The second kappa shape index (κ2) is 7.79. The van der Waals surface area contributed by atoms with Gasteiger partial charge in [-0.1, -0.05) is 36.7 Å². The molecule has 0 heterocycles. The molecular formula is C14H18Br2N2O3. The first-order valence-electron chi connectivity index (χ1n) is 6.49. The molecule has 0 bridgehead atoms. The first kappa shape index (κ1) is 18.0. The van der Waals surface area contributed by atoms with Crippen LogP contribution in [0.1, 0.15) is 31.1 Å². The molecule has 1 rings (SSSR count). The number of amides is 2. The summed E-state index contributed by atoms with van der Waals surface area (Å²) in [4.78, 5) is 23.2. The largest absolute Gasteiger partial charge is 0.478 e. The summed E-state index contributed by atoms with van der Waals surface area (Å²) in [5.41, 5.74) is 0.253. The Hall–Kier alpha value is -1.08. The first-order valence-corrected chi connectivity index (χ1v) is 8.08. The molecule has 7 heteroatoms. The van der Waals surface area contributed by atoms with Gasteiger partial charge in [-0.2, -0.15) is 0 Å². The fourth-order valence-electron chi connectivity index (χ4n) is 1.52. The Morgan fingerprint density at radius 3 is 2.38 bits per heavy atom. The summed E-state index contributed by atoms with van der Waals surface area (Å²) < 4.78 is 1.12. The van der Waals surface area contributed by atoms with E-state index in [0.717, 1.165) is 0 Å². The van der Waals surface area contributed by atoms with E-state index in [9.17, 15) is 14.7 Å². The monoisotopic (exact) mass is 420 g/mol. The van der Waals surface area contributed by atoms with Crippen LogP contribution in [0.25, 0.3) is 0 Å². The number of anilines is 1. The van der Waals surface area contributed by atoms with Crippen molar-refractivity contribution < 1.29 is 14.7 Å². The minimum Gasteiger partial charge on any atom is -0.478 e. The Bertz CT molecular complexity index is 547. The molecule has 0 saturated heterocycles. The van der Waals surface area contributed by atoms with Gasteiger partial charge in [0.25, 0.3) is 0 Å². The molecule has 0 fully saturated rings. The number of benzene rings is 1. The van der Waals surface area contributed by atoms with Crippen LogP contribution < -0.4 is 10.6 Å². The Morgan fingerprint density at radius 2 is 1.86 bits per heavy atom. The molecule has 0 spiro atoms. The molecule has 116 valence electrons. The minimum atomic E-state index is -1.11. The van der Waals surface area contributed by atoms with Gasteiger partial charge in [0.1, 0.15) is 0 Å². The van der Waals surface area contributed by atoms with Gasteiger partial charge in [0, 0.05) is 15.5 Å². The summed E-state index contributed by atoms with van der Waals surface area (Å²) in [6.45, 7) is 6.74. The van der Waals surface area contributed by atoms with Gasteiger partial charge in [0.05, 0.1) is 11.3 Å². The Labute approximate surface area is 140 Å². The number of hydrogen-bond acceptors (Lipinski definition) is 2. The number of carbonyl (C=O) groups excluding carboxylic acids is 1. The van der Waals surface area contributed by atoms with Gasteiger partial charge < -0.3 is 15.7 Å². The number of aromatic carboxylic acids is 1. The van der Waals surface area contributed by atoms with Crippen molar-refractivity contribution in [1.82, 2.24) is 5.32 Å². The molecule has 3 N–H and O–H groups in total. The standard InChI is InChI=1S/C14H18Br2N2O3/c1-7(2)8(3)6-17-14(21)18-12-10(13(19)20)4-9(15)5-11(12)16/h4-5,7-8H,6H2,1-3H3,(H,19,20)(H2,17,18,21). The maximum atomic E-state index is 11.9. The lowest BCUT2D eigenvalue weighted by Gasteiger charge is -2.17. The number of carboxylic acid groups (broad SMARTS) is 1. The van der Waals surface area contributed by atoms with E-state index in [4.69, 9.17) is 0 Å². The van der Waals surface area contributed by atoms with Gasteiger partial charge in [-0.3, -0.25) is 0 Å². The molecule has 0 aromatic heterocycles. The Kier molecular flexibility index (Phi) is 6.67. The lowest BCUT2D eigenvalue weighted by atomic mass is 9.98. The summed E-state index contributed by atoms with van der Waals surface area (Å²) in [5, 5.41) is 14.5. The van der Waals surface area contributed by atoms with E-state index in [1.807, 2.05) is 6.92 Å². The third kappa shape index (κ3) is 5.32. The molecule has 0 aliphatic carbocycles. The third-order valence-corrected chi connectivity index (χ3v) is 4.33. The molecule has 0 saturated carbocycles.